The molecule has 4 nitrogen and oxygen atoms in total. The molecule has 1 fully saturated rings. The molecule has 6 heteroatoms. The maximum atomic E-state index is 14.2. The molecule has 1 aliphatic rings. The zero-order chi connectivity index (χ0) is 17.6. The largest absolute Gasteiger partial charge is 0.330 e. The van der Waals surface area contributed by atoms with Crippen LogP contribution in [0, 0.1) is 5.82 Å². The molecule has 0 spiro atoms. The van der Waals surface area contributed by atoms with Crippen molar-refractivity contribution < 1.29 is 9.18 Å². The van der Waals surface area contributed by atoms with Crippen molar-refractivity contribution in [2.45, 2.75) is 31.8 Å². The highest BCUT2D eigenvalue weighted by molar-refractivity contribution is 6.31. The van der Waals surface area contributed by atoms with E-state index in [-0.39, 0.29) is 17.5 Å². The number of pyridine rings is 1. The Kier molecular flexibility index (Phi) is 6.00. The average molecular weight is 362 g/mol. The minimum Gasteiger partial charge on any atom is -0.330 e. The smallest absolute Gasteiger partial charge is 0.257 e. The van der Waals surface area contributed by atoms with E-state index >= 15 is 0 Å². The van der Waals surface area contributed by atoms with Crippen LogP contribution in [-0.4, -0.2) is 34.9 Å². The number of amides is 1. The van der Waals surface area contributed by atoms with Crippen LogP contribution in [0.15, 0.2) is 42.6 Å². The summed E-state index contributed by atoms with van der Waals surface area (Å²) in [5.74, 6) is -0.885. The highest BCUT2D eigenvalue weighted by Gasteiger charge is 2.27. The number of rotatable bonds is 4. The number of nitrogens with zero attached hydrogens (tertiary/aromatic N) is 2. The quantitative estimate of drug-likeness (QED) is 0.904. The minimum atomic E-state index is -0.549. The van der Waals surface area contributed by atoms with Crippen LogP contribution in [0.1, 0.15) is 35.3 Å². The Morgan fingerprint density at radius 3 is 2.96 bits per heavy atom. The summed E-state index contributed by atoms with van der Waals surface area (Å²) < 4.78 is 14.2. The summed E-state index contributed by atoms with van der Waals surface area (Å²) in [6, 6.07) is 9.74. The van der Waals surface area contributed by atoms with Gasteiger partial charge in [0.2, 0.25) is 0 Å². The van der Waals surface area contributed by atoms with Crippen LogP contribution in [0.4, 0.5) is 4.39 Å². The summed E-state index contributed by atoms with van der Waals surface area (Å²) in [5, 5.41) is 3.70. The van der Waals surface area contributed by atoms with Gasteiger partial charge >= 0.3 is 0 Å². The lowest BCUT2D eigenvalue weighted by atomic mass is 10.0. The van der Waals surface area contributed by atoms with Crippen molar-refractivity contribution in [1.82, 2.24) is 15.2 Å². The monoisotopic (exact) mass is 361 g/mol. The van der Waals surface area contributed by atoms with E-state index in [9.17, 15) is 9.18 Å². The van der Waals surface area contributed by atoms with E-state index in [1.807, 2.05) is 18.2 Å². The standard InChI is InChI=1S/C19H21ClFN3O/c20-14-6-7-18(21)17(12-14)19(25)24(13-15-4-1-2-10-23-15)16-5-3-9-22-11-8-16/h1-2,4,6-7,10,12,16,22H,3,5,8-9,11,13H2. The molecule has 0 radical (unpaired) electrons. The third kappa shape index (κ3) is 4.55. The van der Waals surface area contributed by atoms with Crippen LogP contribution in [0.2, 0.25) is 5.02 Å². The first-order chi connectivity index (χ1) is 12.1. The highest BCUT2D eigenvalue weighted by Crippen LogP contribution is 2.22. The zero-order valence-corrected chi connectivity index (χ0v) is 14.7. The van der Waals surface area contributed by atoms with Crippen molar-refractivity contribution in [3.05, 3.63) is 64.7 Å². The lowest BCUT2D eigenvalue weighted by molar-refractivity contribution is 0.0637. The Balaban J connectivity index is 1.91. The minimum absolute atomic E-state index is 0.0145. The summed E-state index contributed by atoms with van der Waals surface area (Å²) in [6.45, 7) is 2.14. The molecule has 1 aromatic heterocycles. The molecule has 132 valence electrons. The van der Waals surface area contributed by atoms with E-state index in [0.717, 1.165) is 38.0 Å². The molecule has 1 amide bonds. The lowest BCUT2D eigenvalue weighted by Gasteiger charge is -2.31. The number of carbonyl (C=O) groups is 1. The van der Waals surface area contributed by atoms with Gasteiger partial charge in [0, 0.05) is 17.3 Å². The van der Waals surface area contributed by atoms with E-state index in [2.05, 4.69) is 10.3 Å². The fourth-order valence-corrected chi connectivity index (χ4v) is 3.33. The number of benzene rings is 1. The van der Waals surface area contributed by atoms with E-state index in [0.29, 0.717) is 11.6 Å². The number of halogens is 2. The second-order valence-electron chi connectivity index (χ2n) is 6.21. The lowest BCUT2D eigenvalue weighted by Crippen LogP contribution is -2.41. The van der Waals surface area contributed by atoms with Crippen LogP contribution in [0.25, 0.3) is 0 Å². The molecular formula is C19H21ClFN3O. The number of carbonyl (C=O) groups excluding carboxylic acids is 1. The van der Waals surface area contributed by atoms with E-state index in [1.54, 1.807) is 11.1 Å². The van der Waals surface area contributed by atoms with Gasteiger partial charge < -0.3 is 10.2 Å². The van der Waals surface area contributed by atoms with Crippen LogP contribution in [0.5, 0.6) is 0 Å². The van der Waals surface area contributed by atoms with Gasteiger partial charge in [0.15, 0.2) is 0 Å². The van der Waals surface area contributed by atoms with Gasteiger partial charge in [-0.2, -0.15) is 0 Å². The number of hydrogen-bond acceptors (Lipinski definition) is 3. The number of hydrogen-bond donors (Lipinski definition) is 1. The average Bonchev–Trinajstić information content (AvgIpc) is 2.91. The predicted octanol–water partition coefficient (Wildman–Crippen LogP) is 3.66. The molecule has 0 saturated carbocycles. The van der Waals surface area contributed by atoms with Gasteiger partial charge in [-0.25, -0.2) is 4.39 Å². The molecule has 1 aliphatic heterocycles. The summed E-state index contributed by atoms with van der Waals surface area (Å²) >= 11 is 5.98. The first-order valence-electron chi connectivity index (χ1n) is 8.52. The predicted molar refractivity (Wildman–Crippen MR) is 96.0 cm³/mol. The highest BCUT2D eigenvalue weighted by atomic mass is 35.5. The summed E-state index contributed by atoms with van der Waals surface area (Å²) in [6.07, 6.45) is 4.40. The van der Waals surface area contributed by atoms with Crippen molar-refractivity contribution in [2.75, 3.05) is 13.1 Å². The molecule has 3 rings (SSSR count). The van der Waals surface area contributed by atoms with Gasteiger partial charge in [-0.3, -0.25) is 9.78 Å². The van der Waals surface area contributed by atoms with Crippen LogP contribution in [-0.2, 0) is 6.54 Å². The van der Waals surface area contributed by atoms with E-state index in [1.165, 1.54) is 18.2 Å². The summed E-state index contributed by atoms with van der Waals surface area (Å²) in [7, 11) is 0. The Bertz CT molecular complexity index is 718. The molecule has 0 bridgehead atoms. The fourth-order valence-electron chi connectivity index (χ4n) is 3.16. The third-order valence-corrected chi connectivity index (χ3v) is 4.70. The maximum Gasteiger partial charge on any atom is 0.257 e. The van der Waals surface area contributed by atoms with Crippen LogP contribution < -0.4 is 5.32 Å². The first-order valence-corrected chi connectivity index (χ1v) is 8.89. The van der Waals surface area contributed by atoms with Crippen LogP contribution in [0.3, 0.4) is 0 Å². The molecule has 25 heavy (non-hydrogen) atoms. The topological polar surface area (TPSA) is 45.2 Å². The Morgan fingerprint density at radius 1 is 1.28 bits per heavy atom. The maximum absolute atomic E-state index is 14.2. The second-order valence-corrected chi connectivity index (χ2v) is 6.65. The third-order valence-electron chi connectivity index (χ3n) is 4.46. The van der Waals surface area contributed by atoms with Crippen molar-refractivity contribution in [3.63, 3.8) is 0 Å². The van der Waals surface area contributed by atoms with Gasteiger partial charge in [0.1, 0.15) is 5.82 Å². The van der Waals surface area contributed by atoms with Gasteiger partial charge in [0.25, 0.3) is 5.91 Å². The molecule has 1 saturated heterocycles. The Morgan fingerprint density at radius 2 is 2.16 bits per heavy atom. The molecule has 1 unspecified atom stereocenters. The zero-order valence-electron chi connectivity index (χ0n) is 13.9. The van der Waals surface area contributed by atoms with E-state index in [4.69, 9.17) is 11.6 Å². The Labute approximate surface area is 152 Å². The van der Waals surface area contributed by atoms with Crippen molar-refractivity contribution in [3.8, 4) is 0 Å². The molecule has 2 heterocycles. The molecule has 0 aliphatic carbocycles. The van der Waals surface area contributed by atoms with Gasteiger partial charge in [-0.05, 0) is 62.7 Å². The van der Waals surface area contributed by atoms with Crippen molar-refractivity contribution >= 4 is 17.5 Å². The normalized spacial score (nSPS) is 17.8. The van der Waals surface area contributed by atoms with E-state index < -0.39 is 5.82 Å². The van der Waals surface area contributed by atoms with Crippen molar-refractivity contribution in [1.29, 1.82) is 0 Å². The molecule has 1 aromatic carbocycles. The molecular weight excluding hydrogens is 341 g/mol. The molecule has 1 atom stereocenters. The number of nitrogens with one attached hydrogen (secondary N) is 1. The van der Waals surface area contributed by atoms with Gasteiger partial charge in [-0.15, -0.1) is 0 Å². The van der Waals surface area contributed by atoms with Crippen LogP contribution >= 0.6 is 11.6 Å². The first kappa shape index (κ1) is 17.8. The Hall–Kier alpha value is -1.98. The molecule has 2 aromatic rings. The second kappa shape index (κ2) is 8.41. The SMILES string of the molecule is O=C(c1cc(Cl)ccc1F)N(Cc1ccccn1)C1CCCNCC1. The van der Waals surface area contributed by atoms with Gasteiger partial charge in [0.05, 0.1) is 17.8 Å². The number of aromatic nitrogens is 1. The summed E-state index contributed by atoms with van der Waals surface area (Å²) in [5.41, 5.74) is 0.802. The fraction of sp³-hybridized carbons (Fsp3) is 0.368. The van der Waals surface area contributed by atoms with Gasteiger partial charge in [-0.1, -0.05) is 17.7 Å². The summed E-state index contributed by atoms with van der Waals surface area (Å²) in [4.78, 5) is 19.2. The molecule has 1 N–H and O–H groups in total. The van der Waals surface area contributed by atoms with Crippen molar-refractivity contribution in [2.24, 2.45) is 0 Å².